The van der Waals surface area contributed by atoms with Gasteiger partial charge in [-0.2, -0.15) is 11.8 Å². The number of nitrogens with one attached hydrogen (secondary N) is 1. The van der Waals surface area contributed by atoms with Crippen molar-refractivity contribution in [2.75, 3.05) is 12.4 Å². The summed E-state index contributed by atoms with van der Waals surface area (Å²) in [5, 5.41) is 8.98. The maximum atomic E-state index is 10.7. The summed E-state index contributed by atoms with van der Waals surface area (Å²) in [6.45, 7) is 2.23. The van der Waals surface area contributed by atoms with E-state index in [1.807, 2.05) is 6.92 Å². The Morgan fingerprint density at radius 2 is 2.42 bits per heavy atom. The Kier molecular flexibility index (Phi) is 7.23. The van der Waals surface area contributed by atoms with E-state index < -0.39 is 0 Å². The Bertz CT molecular complexity index is 133. The second-order valence-corrected chi connectivity index (χ2v) is 4.06. The second-order valence-electron chi connectivity index (χ2n) is 2.51. The van der Waals surface area contributed by atoms with Crippen molar-refractivity contribution in [3.63, 3.8) is 0 Å². The molecule has 0 aliphatic carbocycles. The fourth-order valence-corrected chi connectivity index (χ4v) is 1.67. The van der Waals surface area contributed by atoms with Crippen LogP contribution in [0.1, 0.15) is 19.8 Å². The van der Waals surface area contributed by atoms with Gasteiger partial charge in [-0.25, -0.2) is 5.84 Å². The predicted molar refractivity (Wildman–Crippen MR) is 50.6 cm³/mol. The van der Waals surface area contributed by atoms with Crippen LogP contribution in [0, 0.1) is 0 Å². The van der Waals surface area contributed by atoms with Gasteiger partial charge in [0.1, 0.15) is 0 Å². The van der Waals surface area contributed by atoms with E-state index in [1.165, 1.54) is 0 Å². The van der Waals surface area contributed by atoms with Gasteiger partial charge in [-0.15, -0.1) is 0 Å². The Hall–Kier alpha value is -0.260. The number of aliphatic hydroxyl groups is 1. The molecular formula is C7H16N2O2S. The lowest BCUT2D eigenvalue weighted by molar-refractivity contribution is -0.120. The third-order valence-corrected chi connectivity index (χ3v) is 2.67. The molecule has 5 heteroatoms. The SMILES string of the molecule is CC(CCO)SCCC(=O)NN. The van der Waals surface area contributed by atoms with Gasteiger partial charge in [-0.3, -0.25) is 10.2 Å². The Morgan fingerprint density at radius 1 is 1.75 bits per heavy atom. The van der Waals surface area contributed by atoms with E-state index in [4.69, 9.17) is 10.9 Å². The molecule has 0 saturated carbocycles. The van der Waals surface area contributed by atoms with Crippen LogP contribution in [0.3, 0.4) is 0 Å². The van der Waals surface area contributed by atoms with Gasteiger partial charge in [0.2, 0.25) is 5.91 Å². The molecule has 0 fully saturated rings. The van der Waals surface area contributed by atoms with E-state index in [0.29, 0.717) is 11.7 Å². The zero-order valence-electron chi connectivity index (χ0n) is 7.25. The standard InChI is InChI=1S/C7H16N2O2S/c1-6(2-4-10)12-5-3-7(11)9-8/h6,10H,2-5,8H2,1H3,(H,9,11). The van der Waals surface area contributed by atoms with Gasteiger partial charge >= 0.3 is 0 Å². The molecule has 0 aromatic carbocycles. The van der Waals surface area contributed by atoms with Crippen LogP contribution in [-0.4, -0.2) is 28.6 Å². The maximum Gasteiger partial charge on any atom is 0.234 e. The topological polar surface area (TPSA) is 75.3 Å². The first-order valence-corrected chi connectivity index (χ1v) is 4.97. The highest BCUT2D eigenvalue weighted by molar-refractivity contribution is 7.99. The summed E-state index contributed by atoms with van der Waals surface area (Å²) in [7, 11) is 0. The number of carbonyl (C=O) groups is 1. The largest absolute Gasteiger partial charge is 0.396 e. The van der Waals surface area contributed by atoms with Gasteiger partial charge in [-0.1, -0.05) is 6.92 Å². The minimum Gasteiger partial charge on any atom is -0.396 e. The normalized spacial score (nSPS) is 12.6. The minimum absolute atomic E-state index is 0.140. The van der Waals surface area contributed by atoms with E-state index >= 15 is 0 Å². The quantitative estimate of drug-likeness (QED) is 0.311. The average molecular weight is 192 g/mol. The predicted octanol–water partition coefficient (Wildman–Crippen LogP) is -0.130. The van der Waals surface area contributed by atoms with Gasteiger partial charge in [0.25, 0.3) is 0 Å². The molecule has 0 radical (unpaired) electrons. The van der Waals surface area contributed by atoms with Crippen LogP contribution in [0.15, 0.2) is 0 Å². The first kappa shape index (κ1) is 11.7. The molecular weight excluding hydrogens is 176 g/mol. The van der Waals surface area contributed by atoms with Crippen molar-refractivity contribution in [1.29, 1.82) is 0 Å². The molecule has 4 N–H and O–H groups in total. The molecule has 72 valence electrons. The summed E-state index contributed by atoms with van der Waals surface area (Å²) in [5.41, 5.74) is 2.07. The molecule has 0 bridgehead atoms. The number of hydrazine groups is 1. The monoisotopic (exact) mass is 192 g/mol. The van der Waals surface area contributed by atoms with Crippen LogP contribution >= 0.6 is 11.8 Å². The number of aliphatic hydroxyl groups excluding tert-OH is 1. The molecule has 1 atom stereocenters. The Morgan fingerprint density at radius 3 is 2.92 bits per heavy atom. The van der Waals surface area contributed by atoms with Crippen molar-refractivity contribution in [1.82, 2.24) is 5.43 Å². The fraction of sp³-hybridized carbons (Fsp3) is 0.857. The lowest BCUT2D eigenvalue weighted by Crippen LogP contribution is -2.30. The molecule has 12 heavy (non-hydrogen) atoms. The number of hydrogen-bond donors (Lipinski definition) is 3. The van der Waals surface area contributed by atoms with Crippen molar-refractivity contribution < 1.29 is 9.90 Å². The summed E-state index contributed by atoms with van der Waals surface area (Å²) in [4.78, 5) is 10.7. The summed E-state index contributed by atoms with van der Waals surface area (Å²) in [6, 6.07) is 0. The summed E-state index contributed by atoms with van der Waals surface area (Å²) in [5.74, 6) is 5.51. The molecule has 0 rings (SSSR count). The van der Waals surface area contributed by atoms with Crippen molar-refractivity contribution in [2.45, 2.75) is 25.0 Å². The van der Waals surface area contributed by atoms with Gasteiger partial charge in [0, 0.05) is 24.0 Å². The number of rotatable bonds is 6. The summed E-state index contributed by atoms with van der Waals surface area (Å²) in [6.07, 6.45) is 1.21. The number of hydrogen-bond acceptors (Lipinski definition) is 4. The highest BCUT2D eigenvalue weighted by atomic mass is 32.2. The highest BCUT2D eigenvalue weighted by Crippen LogP contribution is 2.13. The van der Waals surface area contributed by atoms with E-state index in [1.54, 1.807) is 11.8 Å². The number of carbonyl (C=O) groups excluding carboxylic acids is 1. The van der Waals surface area contributed by atoms with Gasteiger partial charge in [0.05, 0.1) is 0 Å². The minimum atomic E-state index is -0.140. The van der Waals surface area contributed by atoms with Gasteiger partial charge < -0.3 is 5.11 Å². The van der Waals surface area contributed by atoms with Crippen LogP contribution < -0.4 is 11.3 Å². The van der Waals surface area contributed by atoms with E-state index in [2.05, 4.69) is 5.43 Å². The van der Waals surface area contributed by atoms with Crippen LogP contribution in [0.4, 0.5) is 0 Å². The molecule has 0 aliphatic rings. The van der Waals surface area contributed by atoms with Gasteiger partial charge in [-0.05, 0) is 6.42 Å². The molecule has 1 unspecified atom stereocenters. The maximum absolute atomic E-state index is 10.7. The molecule has 4 nitrogen and oxygen atoms in total. The summed E-state index contributed by atoms with van der Waals surface area (Å²) >= 11 is 1.67. The van der Waals surface area contributed by atoms with E-state index in [0.717, 1.165) is 12.2 Å². The lowest BCUT2D eigenvalue weighted by atomic mass is 10.3. The fourth-order valence-electron chi connectivity index (χ4n) is 0.690. The third kappa shape index (κ3) is 6.45. The smallest absolute Gasteiger partial charge is 0.234 e. The van der Waals surface area contributed by atoms with Crippen molar-refractivity contribution >= 4 is 17.7 Å². The zero-order chi connectivity index (χ0) is 9.40. The summed E-state index contributed by atoms with van der Waals surface area (Å²) < 4.78 is 0. The van der Waals surface area contributed by atoms with Gasteiger partial charge in [0.15, 0.2) is 0 Å². The van der Waals surface area contributed by atoms with Crippen LogP contribution in [0.2, 0.25) is 0 Å². The molecule has 0 spiro atoms. The molecule has 0 heterocycles. The molecule has 0 saturated heterocycles. The Balaban J connectivity index is 3.24. The second kappa shape index (κ2) is 7.39. The molecule has 0 aliphatic heterocycles. The zero-order valence-corrected chi connectivity index (χ0v) is 8.06. The highest BCUT2D eigenvalue weighted by Gasteiger charge is 2.03. The third-order valence-electron chi connectivity index (χ3n) is 1.43. The van der Waals surface area contributed by atoms with Crippen molar-refractivity contribution in [3.05, 3.63) is 0 Å². The number of nitrogens with two attached hydrogens (primary N) is 1. The van der Waals surface area contributed by atoms with E-state index in [9.17, 15) is 4.79 Å². The van der Waals surface area contributed by atoms with Crippen LogP contribution in [0.5, 0.6) is 0 Å². The molecule has 1 amide bonds. The molecule has 0 aromatic rings. The number of amides is 1. The first-order valence-electron chi connectivity index (χ1n) is 3.92. The molecule has 0 aromatic heterocycles. The van der Waals surface area contributed by atoms with Crippen molar-refractivity contribution in [3.8, 4) is 0 Å². The van der Waals surface area contributed by atoms with Crippen LogP contribution in [-0.2, 0) is 4.79 Å². The Labute approximate surface area is 76.9 Å². The van der Waals surface area contributed by atoms with Crippen LogP contribution in [0.25, 0.3) is 0 Å². The van der Waals surface area contributed by atoms with E-state index in [-0.39, 0.29) is 12.5 Å². The average Bonchev–Trinajstić information content (AvgIpc) is 2.04. The first-order chi connectivity index (χ1) is 5.70. The number of thioether (sulfide) groups is 1. The van der Waals surface area contributed by atoms with Crippen molar-refractivity contribution in [2.24, 2.45) is 5.84 Å². The lowest BCUT2D eigenvalue weighted by Gasteiger charge is -2.07.